The highest BCUT2D eigenvalue weighted by atomic mass is 16.2. The Morgan fingerprint density at radius 3 is 2.36 bits per heavy atom. The summed E-state index contributed by atoms with van der Waals surface area (Å²) < 4.78 is 0. The lowest BCUT2D eigenvalue weighted by atomic mass is 10.1. The van der Waals surface area contributed by atoms with Crippen molar-refractivity contribution in [3.63, 3.8) is 0 Å². The number of carbonyl (C=O) groups excluding carboxylic acids is 2. The molecular formula is C18H20N2O2. The van der Waals surface area contributed by atoms with Crippen LogP contribution >= 0.6 is 0 Å². The minimum atomic E-state index is -0.0572. The lowest BCUT2D eigenvalue weighted by molar-refractivity contribution is -0.116. The molecule has 0 unspecified atom stereocenters. The van der Waals surface area contributed by atoms with Crippen molar-refractivity contribution in [2.24, 2.45) is 0 Å². The molecular weight excluding hydrogens is 276 g/mol. The average molecular weight is 296 g/mol. The van der Waals surface area contributed by atoms with Crippen LogP contribution in [0.1, 0.15) is 18.1 Å². The minimum absolute atomic E-state index is 0.0232. The highest BCUT2D eigenvalue weighted by Gasteiger charge is 2.07. The Balaban J connectivity index is 1.98. The van der Waals surface area contributed by atoms with Crippen molar-refractivity contribution in [3.05, 3.63) is 59.7 Å². The summed E-state index contributed by atoms with van der Waals surface area (Å²) in [6.07, 6.45) is 0.304. The number of hydrogen-bond acceptors (Lipinski definition) is 2. The first-order valence-electron chi connectivity index (χ1n) is 7.15. The van der Waals surface area contributed by atoms with Crippen molar-refractivity contribution in [2.75, 3.05) is 17.3 Å². The Hall–Kier alpha value is -2.62. The van der Waals surface area contributed by atoms with Crippen molar-refractivity contribution >= 4 is 23.2 Å². The fraction of sp³-hybridized carbons (Fsp3) is 0.222. The van der Waals surface area contributed by atoms with Gasteiger partial charge in [-0.25, -0.2) is 0 Å². The van der Waals surface area contributed by atoms with Gasteiger partial charge in [-0.05, 0) is 42.3 Å². The smallest absolute Gasteiger partial charge is 0.228 e. The third kappa shape index (κ3) is 4.19. The number of rotatable bonds is 4. The van der Waals surface area contributed by atoms with Gasteiger partial charge in [0, 0.05) is 25.3 Å². The number of anilines is 2. The molecule has 2 aromatic rings. The molecule has 0 saturated heterocycles. The third-order valence-corrected chi connectivity index (χ3v) is 3.46. The average Bonchev–Trinajstić information content (AvgIpc) is 2.47. The fourth-order valence-corrected chi connectivity index (χ4v) is 2.13. The highest BCUT2D eigenvalue weighted by Crippen LogP contribution is 2.15. The number of amides is 2. The van der Waals surface area contributed by atoms with Crippen LogP contribution in [0, 0.1) is 6.92 Å². The first-order chi connectivity index (χ1) is 10.5. The zero-order valence-electron chi connectivity index (χ0n) is 13.1. The molecule has 0 spiro atoms. The Morgan fingerprint density at radius 2 is 1.77 bits per heavy atom. The molecule has 2 rings (SSSR count). The van der Waals surface area contributed by atoms with Gasteiger partial charge in [0.25, 0.3) is 0 Å². The Morgan fingerprint density at radius 1 is 1.09 bits per heavy atom. The summed E-state index contributed by atoms with van der Waals surface area (Å²) in [5.74, 6) is -0.0804. The van der Waals surface area contributed by atoms with Gasteiger partial charge in [-0.3, -0.25) is 9.59 Å². The number of nitrogens with one attached hydrogen (secondary N) is 1. The van der Waals surface area contributed by atoms with Crippen LogP contribution in [-0.2, 0) is 16.0 Å². The van der Waals surface area contributed by atoms with Crippen molar-refractivity contribution in [2.45, 2.75) is 20.3 Å². The van der Waals surface area contributed by atoms with E-state index in [0.29, 0.717) is 6.42 Å². The van der Waals surface area contributed by atoms with E-state index in [1.165, 1.54) is 6.92 Å². The molecule has 0 aliphatic heterocycles. The van der Waals surface area contributed by atoms with Gasteiger partial charge in [0.1, 0.15) is 0 Å². The maximum atomic E-state index is 12.0. The van der Waals surface area contributed by atoms with Gasteiger partial charge >= 0.3 is 0 Å². The van der Waals surface area contributed by atoms with Gasteiger partial charge in [0.15, 0.2) is 0 Å². The van der Waals surface area contributed by atoms with Crippen LogP contribution in [0.25, 0.3) is 0 Å². The maximum Gasteiger partial charge on any atom is 0.228 e. The Kier molecular flexibility index (Phi) is 4.94. The zero-order chi connectivity index (χ0) is 16.1. The van der Waals surface area contributed by atoms with E-state index in [1.807, 2.05) is 55.5 Å². The molecule has 2 amide bonds. The fourth-order valence-electron chi connectivity index (χ4n) is 2.13. The van der Waals surface area contributed by atoms with Crippen molar-refractivity contribution < 1.29 is 9.59 Å². The van der Waals surface area contributed by atoms with Crippen molar-refractivity contribution in [1.29, 1.82) is 0 Å². The standard InChI is InChI=1S/C18H20N2O2/c1-13-5-4-6-16(11-13)19-18(22)12-15-7-9-17(10-8-15)20(3)14(2)21/h4-11H,12H2,1-3H3,(H,19,22). The van der Waals surface area contributed by atoms with E-state index in [4.69, 9.17) is 0 Å². The van der Waals surface area contributed by atoms with E-state index < -0.39 is 0 Å². The van der Waals surface area contributed by atoms with Crippen molar-refractivity contribution in [1.82, 2.24) is 0 Å². The molecule has 0 fully saturated rings. The normalized spacial score (nSPS) is 10.1. The molecule has 1 N–H and O–H groups in total. The van der Waals surface area contributed by atoms with Crippen LogP contribution < -0.4 is 10.2 Å². The number of aryl methyl sites for hydroxylation is 1. The predicted molar refractivity (Wildman–Crippen MR) is 89.0 cm³/mol. The van der Waals surface area contributed by atoms with Crippen LogP contribution in [0.15, 0.2) is 48.5 Å². The first kappa shape index (κ1) is 15.8. The number of carbonyl (C=O) groups is 2. The van der Waals surface area contributed by atoms with Crippen LogP contribution in [0.5, 0.6) is 0 Å². The molecule has 114 valence electrons. The first-order valence-corrected chi connectivity index (χ1v) is 7.15. The summed E-state index contributed by atoms with van der Waals surface area (Å²) in [6, 6.07) is 15.1. The second kappa shape index (κ2) is 6.89. The SMILES string of the molecule is CC(=O)N(C)c1ccc(CC(=O)Nc2cccc(C)c2)cc1. The van der Waals surface area contributed by atoms with Gasteiger partial charge in [0.2, 0.25) is 11.8 Å². The van der Waals surface area contributed by atoms with Gasteiger partial charge < -0.3 is 10.2 Å². The summed E-state index contributed by atoms with van der Waals surface area (Å²) in [4.78, 5) is 24.9. The summed E-state index contributed by atoms with van der Waals surface area (Å²) in [7, 11) is 1.72. The summed E-state index contributed by atoms with van der Waals surface area (Å²) in [5, 5.41) is 2.88. The van der Waals surface area contributed by atoms with Crippen LogP contribution in [0.3, 0.4) is 0 Å². The zero-order valence-corrected chi connectivity index (χ0v) is 13.1. The van der Waals surface area contributed by atoms with Gasteiger partial charge in [-0.1, -0.05) is 24.3 Å². The van der Waals surface area contributed by atoms with E-state index in [-0.39, 0.29) is 11.8 Å². The second-order valence-electron chi connectivity index (χ2n) is 5.34. The topological polar surface area (TPSA) is 49.4 Å². The second-order valence-corrected chi connectivity index (χ2v) is 5.34. The largest absolute Gasteiger partial charge is 0.326 e. The number of hydrogen-bond donors (Lipinski definition) is 1. The third-order valence-electron chi connectivity index (χ3n) is 3.46. The Bertz CT molecular complexity index is 678. The molecule has 0 heterocycles. The van der Waals surface area contributed by atoms with E-state index in [2.05, 4.69) is 5.32 Å². The lowest BCUT2D eigenvalue weighted by Gasteiger charge is -2.15. The minimum Gasteiger partial charge on any atom is -0.326 e. The Labute approximate surface area is 130 Å². The number of nitrogens with zero attached hydrogens (tertiary/aromatic N) is 1. The van der Waals surface area contributed by atoms with Crippen molar-refractivity contribution in [3.8, 4) is 0 Å². The van der Waals surface area contributed by atoms with Crippen LogP contribution in [-0.4, -0.2) is 18.9 Å². The number of benzene rings is 2. The maximum absolute atomic E-state index is 12.0. The van der Waals surface area contributed by atoms with Crippen LogP contribution in [0.2, 0.25) is 0 Å². The molecule has 22 heavy (non-hydrogen) atoms. The van der Waals surface area contributed by atoms with E-state index >= 15 is 0 Å². The molecule has 2 aromatic carbocycles. The predicted octanol–water partition coefficient (Wildman–Crippen LogP) is 3.16. The molecule has 0 aliphatic rings. The highest BCUT2D eigenvalue weighted by molar-refractivity contribution is 5.93. The molecule has 0 saturated carbocycles. The quantitative estimate of drug-likeness (QED) is 0.942. The molecule has 0 aromatic heterocycles. The van der Waals surface area contributed by atoms with Gasteiger partial charge in [-0.2, -0.15) is 0 Å². The van der Waals surface area contributed by atoms with E-state index in [9.17, 15) is 9.59 Å². The lowest BCUT2D eigenvalue weighted by Crippen LogP contribution is -2.22. The monoisotopic (exact) mass is 296 g/mol. The summed E-state index contributed by atoms with van der Waals surface area (Å²) >= 11 is 0. The molecule has 4 heteroatoms. The van der Waals surface area contributed by atoms with E-state index in [1.54, 1.807) is 11.9 Å². The van der Waals surface area contributed by atoms with Crippen LogP contribution in [0.4, 0.5) is 11.4 Å². The molecule has 0 radical (unpaired) electrons. The van der Waals surface area contributed by atoms with Gasteiger partial charge in [-0.15, -0.1) is 0 Å². The molecule has 0 aliphatic carbocycles. The molecule has 0 atom stereocenters. The summed E-state index contributed by atoms with van der Waals surface area (Å²) in [6.45, 7) is 3.50. The molecule has 0 bridgehead atoms. The van der Waals surface area contributed by atoms with E-state index in [0.717, 1.165) is 22.5 Å². The summed E-state index contributed by atoms with van der Waals surface area (Å²) in [5.41, 5.74) is 3.63. The van der Waals surface area contributed by atoms with Gasteiger partial charge in [0.05, 0.1) is 6.42 Å². The molecule has 4 nitrogen and oxygen atoms in total.